The molecule has 0 heterocycles. The molecule has 1 aromatic rings. The van der Waals surface area contributed by atoms with Gasteiger partial charge in [-0.25, -0.2) is 8.42 Å². The molecule has 6 heteroatoms. The van der Waals surface area contributed by atoms with Crippen molar-refractivity contribution in [3.63, 3.8) is 0 Å². The summed E-state index contributed by atoms with van der Waals surface area (Å²) in [7, 11) is -1.75. The van der Waals surface area contributed by atoms with Crippen molar-refractivity contribution in [1.82, 2.24) is 0 Å². The van der Waals surface area contributed by atoms with Gasteiger partial charge in [0.05, 0.1) is 30.0 Å². The Morgan fingerprint density at radius 1 is 1.19 bits per heavy atom. The summed E-state index contributed by atoms with van der Waals surface area (Å²) in [6.45, 7) is 8.69. The van der Waals surface area contributed by atoms with Gasteiger partial charge < -0.3 is 14.9 Å². The summed E-state index contributed by atoms with van der Waals surface area (Å²) in [6.07, 6.45) is 10.4. The van der Waals surface area contributed by atoms with Crippen LogP contribution in [0.4, 0.5) is 0 Å². The Labute approximate surface area is 216 Å². The van der Waals surface area contributed by atoms with Gasteiger partial charge in [0.1, 0.15) is 5.75 Å². The quantitative estimate of drug-likeness (QED) is 0.492. The normalized spacial score (nSPS) is 34.1. The Balaban J connectivity index is 1.44. The molecule has 0 radical (unpaired) electrons. The number of sulfone groups is 1. The molecule has 0 bridgehead atoms. The average Bonchev–Trinajstić information content (AvgIpc) is 3.21. The topological polar surface area (TPSA) is 83.8 Å². The van der Waals surface area contributed by atoms with Crippen LogP contribution in [0.1, 0.15) is 65.2 Å². The van der Waals surface area contributed by atoms with Crippen LogP contribution in [0.5, 0.6) is 5.75 Å². The standard InChI is InChI=1S/C30H42O5S/c1-20(15-17-36(33,34)26-11-9-25(35-4)10-12-26)27-13-14-28-22(6-5-16-30(27,28)3)7-8-23-18-24(31)19-29(32)21(23)2/h7-12,20,24,27-29,31-32H,2,5-6,13-19H2,1,3-4H3/b22-7+,23-8-/t20-,24+,27-,28+,29-,30-/m1/s1. The number of ether oxygens (including phenoxy) is 1. The fourth-order valence-electron chi connectivity index (χ4n) is 7.12. The lowest BCUT2D eigenvalue weighted by Gasteiger charge is -2.44. The van der Waals surface area contributed by atoms with Crippen molar-refractivity contribution >= 4 is 9.84 Å². The van der Waals surface area contributed by atoms with E-state index < -0.39 is 22.0 Å². The van der Waals surface area contributed by atoms with Crippen molar-refractivity contribution in [3.8, 4) is 5.75 Å². The van der Waals surface area contributed by atoms with Crippen LogP contribution in [0.3, 0.4) is 0 Å². The van der Waals surface area contributed by atoms with E-state index in [1.165, 1.54) is 12.0 Å². The maximum atomic E-state index is 13.0. The van der Waals surface area contributed by atoms with E-state index in [4.69, 9.17) is 4.74 Å². The van der Waals surface area contributed by atoms with Gasteiger partial charge in [0.15, 0.2) is 9.84 Å². The first kappa shape index (κ1) is 27.2. The summed E-state index contributed by atoms with van der Waals surface area (Å²) in [4.78, 5) is 0.362. The molecule has 3 aliphatic carbocycles. The van der Waals surface area contributed by atoms with E-state index in [0.29, 0.717) is 47.7 Å². The molecule has 3 saturated carbocycles. The Hall–Kier alpha value is -1.89. The van der Waals surface area contributed by atoms with Crippen molar-refractivity contribution in [2.24, 2.45) is 23.2 Å². The number of methoxy groups -OCH3 is 1. The highest BCUT2D eigenvalue weighted by molar-refractivity contribution is 7.91. The fraction of sp³-hybridized carbons (Fsp3) is 0.600. The fourth-order valence-corrected chi connectivity index (χ4v) is 8.59. The minimum atomic E-state index is -3.33. The second kappa shape index (κ2) is 10.8. The first-order valence-electron chi connectivity index (χ1n) is 13.4. The number of aliphatic hydroxyl groups excluding tert-OH is 2. The van der Waals surface area contributed by atoms with E-state index in [9.17, 15) is 18.6 Å². The number of hydrogen-bond acceptors (Lipinski definition) is 5. The van der Waals surface area contributed by atoms with Gasteiger partial charge in [-0.2, -0.15) is 0 Å². The summed E-state index contributed by atoms with van der Waals surface area (Å²) in [6, 6.07) is 6.68. The predicted octanol–water partition coefficient (Wildman–Crippen LogP) is 5.64. The molecule has 0 saturated heterocycles. The molecule has 0 amide bonds. The maximum absolute atomic E-state index is 13.0. The first-order chi connectivity index (χ1) is 17.0. The Morgan fingerprint density at radius 3 is 2.61 bits per heavy atom. The smallest absolute Gasteiger partial charge is 0.178 e. The van der Waals surface area contributed by atoms with Crippen LogP contribution in [0.2, 0.25) is 0 Å². The maximum Gasteiger partial charge on any atom is 0.178 e. The van der Waals surface area contributed by atoms with Gasteiger partial charge in [0, 0.05) is 6.42 Å². The van der Waals surface area contributed by atoms with Gasteiger partial charge in [-0.05, 0) is 104 Å². The minimum absolute atomic E-state index is 0.166. The van der Waals surface area contributed by atoms with E-state index >= 15 is 0 Å². The largest absolute Gasteiger partial charge is 0.497 e. The molecular weight excluding hydrogens is 472 g/mol. The summed E-state index contributed by atoms with van der Waals surface area (Å²) < 4.78 is 31.1. The number of benzene rings is 1. The van der Waals surface area contributed by atoms with E-state index in [2.05, 4.69) is 32.6 Å². The SMILES string of the molecule is C=C1/C(=C\C=C2/CCC[C@]3(C)[C@@H]([C@H](C)CCS(=O)(=O)c4ccc(OC)cc4)CC[C@@H]23)C[C@H](O)C[C@H]1O. The van der Waals surface area contributed by atoms with Gasteiger partial charge in [-0.3, -0.25) is 0 Å². The molecule has 0 unspecified atom stereocenters. The first-order valence-corrected chi connectivity index (χ1v) is 15.0. The van der Waals surface area contributed by atoms with Crippen LogP contribution >= 0.6 is 0 Å². The summed E-state index contributed by atoms with van der Waals surface area (Å²) in [5.74, 6) is 2.15. The van der Waals surface area contributed by atoms with Crippen LogP contribution in [0, 0.1) is 23.2 Å². The average molecular weight is 515 g/mol. The number of allylic oxidation sites excluding steroid dienone is 3. The second-order valence-electron chi connectivity index (χ2n) is 11.4. The predicted molar refractivity (Wildman–Crippen MR) is 144 cm³/mol. The molecule has 198 valence electrons. The molecule has 5 nitrogen and oxygen atoms in total. The number of rotatable bonds is 7. The van der Waals surface area contributed by atoms with Crippen molar-refractivity contribution in [3.05, 3.63) is 59.7 Å². The van der Waals surface area contributed by atoms with Gasteiger partial charge in [-0.1, -0.05) is 38.2 Å². The highest BCUT2D eigenvalue weighted by Crippen LogP contribution is 2.59. The lowest BCUT2D eigenvalue weighted by atomic mass is 9.61. The molecular formula is C30H42O5S. The molecule has 2 N–H and O–H groups in total. The van der Waals surface area contributed by atoms with Crippen LogP contribution in [-0.2, 0) is 9.84 Å². The third-order valence-electron chi connectivity index (χ3n) is 9.25. The number of aliphatic hydroxyl groups is 2. The molecule has 36 heavy (non-hydrogen) atoms. The Kier molecular flexibility index (Phi) is 8.18. The zero-order chi connectivity index (χ0) is 26.1. The van der Waals surface area contributed by atoms with Gasteiger partial charge in [-0.15, -0.1) is 0 Å². The molecule has 0 aromatic heterocycles. The Bertz CT molecular complexity index is 1120. The summed E-state index contributed by atoms with van der Waals surface area (Å²) in [5, 5.41) is 20.3. The van der Waals surface area contributed by atoms with Crippen LogP contribution in [-0.4, -0.2) is 43.7 Å². The van der Waals surface area contributed by atoms with E-state index in [0.717, 1.165) is 36.8 Å². The van der Waals surface area contributed by atoms with E-state index in [1.807, 2.05) is 0 Å². The van der Waals surface area contributed by atoms with E-state index in [-0.39, 0.29) is 11.2 Å². The molecule has 0 aliphatic heterocycles. The van der Waals surface area contributed by atoms with E-state index in [1.54, 1.807) is 31.4 Å². The van der Waals surface area contributed by atoms with Crippen molar-refractivity contribution in [2.45, 2.75) is 82.3 Å². The third-order valence-corrected chi connectivity index (χ3v) is 11.0. The Morgan fingerprint density at radius 2 is 1.92 bits per heavy atom. The number of hydrogen-bond donors (Lipinski definition) is 2. The third kappa shape index (κ3) is 5.51. The van der Waals surface area contributed by atoms with Gasteiger partial charge >= 0.3 is 0 Å². The lowest BCUT2D eigenvalue weighted by Crippen LogP contribution is -2.36. The molecule has 4 rings (SSSR count). The second-order valence-corrected chi connectivity index (χ2v) is 13.5. The zero-order valence-corrected chi connectivity index (χ0v) is 22.8. The van der Waals surface area contributed by atoms with Gasteiger partial charge in [0.2, 0.25) is 0 Å². The van der Waals surface area contributed by atoms with Crippen molar-refractivity contribution < 1.29 is 23.4 Å². The van der Waals surface area contributed by atoms with Gasteiger partial charge in [0.25, 0.3) is 0 Å². The van der Waals surface area contributed by atoms with Crippen LogP contribution in [0.15, 0.2) is 64.6 Å². The van der Waals surface area contributed by atoms with Crippen molar-refractivity contribution in [1.29, 1.82) is 0 Å². The van der Waals surface area contributed by atoms with Crippen LogP contribution in [0.25, 0.3) is 0 Å². The lowest BCUT2D eigenvalue weighted by molar-refractivity contribution is 0.0861. The minimum Gasteiger partial charge on any atom is -0.497 e. The molecule has 3 fully saturated rings. The molecule has 0 spiro atoms. The highest BCUT2D eigenvalue weighted by Gasteiger charge is 2.50. The van der Waals surface area contributed by atoms with Crippen LogP contribution < -0.4 is 4.74 Å². The summed E-state index contributed by atoms with van der Waals surface area (Å²) >= 11 is 0. The number of fused-ring (bicyclic) bond motifs is 1. The molecule has 6 atom stereocenters. The molecule has 1 aromatic carbocycles. The van der Waals surface area contributed by atoms with Crippen molar-refractivity contribution in [2.75, 3.05) is 12.9 Å². The molecule has 3 aliphatic rings. The monoisotopic (exact) mass is 514 g/mol. The summed E-state index contributed by atoms with van der Waals surface area (Å²) in [5.41, 5.74) is 3.31. The zero-order valence-electron chi connectivity index (χ0n) is 21.9. The highest BCUT2D eigenvalue weighted by atomic mass is 32.2.